The molecule has 2 aliphatic heterocycles. The van der Waals surface area contributed by atoms with Crippen LogP contribution in [0, 0.1) is 5.92 Å². The fourth-order valence-corrected chi connectivity index (χ4v) is 4.99. The van der Waals surface area contributed by atoms with Gasteiger partial charge in [-0.1, -0.05) is 0 Å². The van der Waals surface area contributed by atoms with Gasteiger partial charge in [0.2, 0.25) is 0 Å². The summed E-state index contributed by atoms with van der Waals surface area (Å²) in [5.74, 6) is -0.216. The number of carbonyl (C=O) groups excluding carboxylic acids is 3. The molecule has 172 valence electrons. The monoisotopic (exact) mass is 469 g/mol. The topological polar surface area (TPSA) is 114 Å². The molecule has 0 radical (unpaired) electrons. The number of hydrogen-bond donors (Lipinski definition) is 0. The number of sulfone groups is 1. The Labute approximate surface area is 191 Å². The molecule has 10 heteroatoms. The van der Waals surface area contributed by atoms with Crippen LogP contribution in [0.5, 0.6) is 5.75 Å². The Morgan fingerprint density at radius 1 is 1.15 bits per heavy atom. The molecule has 1 saturated heterocycles. The lowest BCUT2D eigenvalue weighted by molar-refractivity contribution is -0.122. The van der Waals surface area contributed by atoms with Crippen molar-refractivity contribution in [2.45, 2.75) is 31.9 Å². The van der Waals surface area contributed by atoms with Gasteiger partial charge in [0.15, 0.2) is 21.7 Å². The van der Waals surface area contributed by atoms with Crippen molar-refractivity contribution in [3.8, 4) is 5.75 Å². The Bertz CT molecular complexity index is 1250. The number of Topliss-reactive ketones (excluding diaryl/α,β-unsaturated/α-hetero) is 1. The molecule has 9 nitrogen and oxygen atoms in total. The first-order chi connectivity index (χ1) is 15.7. The third-order valence-corrected chi connectivity index (χ3v) is 6.82. The summed E-state index contributed by atoms with van der Waals surface area (Å²) in [6.45, 7) is 0.532. The van der Waals surface area contributed by atoms with Crippen LogP contribution in [-0.2, 0) is 21.2 Å². The number of ether oxygens (including phenoxy) is 1. The van der Waals surface area contributed by atoms with E-state index in [1.165, 1.54) is 16.0 Å². The van der Waals surface area contributed by atoms with Crippen molar-refractivity contribution in [3.63, 3.8) is 0 Å². The quantitative estimate of drug-likeness (QED) is 0.568. The molecule has 0 N–H and O–H groups in total. The van der Waals surface area contributed by atoms with Gasteiger partial charge in [-0.25, -0.2) is 8.42 Å². The maximum absolute atomic E-state index is 13.0. The van der Waals surface area contributed by atoms with Crippen molar-refractivity contribution in [3.05, 3.63) is 53.3 Å². The predicted molar refractivity (Wildman–Crippen MR) is 119 cm³/mol. The molecule has 2 amide bonds. The average molecular weight is 470 g/mol. The van der Waals surface area contributed by atoms with Crippen LogP contribution >= 0.6 is 0 Å². The fourth-order valence-electron chi connectivity index (χ4n) is 4.21. The van der Waals surface area contributed by atoms with E-state index in [0.717, 1.165) is 19.1 Å². The lowest BCUT2D eigenvalue weighted by Gasteiger charge is -2.17. The minimum atomic E-state index is -3.36. The normalized spacial score (nSPS) is 20.3. The predicted octanol–water partition coefficient (Wildman–Crippen LogP) is 1.82. The van der Waals surface area contributed by atoms with Gasteiger partial charge in [0.05, 0.1) is 29.7 Å². The van der Waals surface area contributed by atoms with Gasteiger partial charge >= 0.3 is 0 Å². The number of anilines is 1. The average Bonchev–Trinajstić information content (AvgIpc) is 3.51. The highest BCUT2D eigenvalue weighted by atomic mass is 32.2. The SMILES string of the molecule is CS(=O)(=O)CN1Cc2ncc(N3CC[C@@H](Oc4ccc(C(=O)C5CC5)cc4)C3=O)cc2C1=O. The highest BCUT2D eigenvalue weighted by molar-refractivity contribution is 7.90. The number of pyridine rings is 1. The first kappa shape index (κ1) is 21.6. The van der Waals surface area contributed by atoms with Crippen molar-refractivity contribution in [2.75, 3.05) is 23.6 Å². The van der Waals surface area contributed by atoms with Gasteiger partial charge in [0.25, 0.3) is 11.8 Å². The molecule has 3 aliphatic rings. The van der Waals surface area contributed by atoms with Gasteiger partial charge in [0, 0.05) is 30.7 Å². The lowest BCUT2D eigenvalue weighted by Crippen LogP contribution is -2.32. The van der Waals surface area contributed by atoms with E-state index in [2.05, 4.69) is 4.98 Å². The van der Waals surface area contributed by atoms with Gasteiger partial charge in [-0.2, -0.15) is 0 Å². The van der Waals surface area contributed by atoms with Gasteiger partial charge in [-0.05, 0) is 43.2 Å². The Balaban J connectivity index is 1.26. The second kappa shape index (κ2) is 7.95. The molecule has 5 rings (SSSR count). The minimum absolute atomic E-state index is 0.125. The molecule has 3 heterocycles. The van der Waals surface area contributed by atoms with E-state index in [-0.39, 0.29) is 30.0 Å². The number of nitrogens with zero attached hydrogens (tertiary/aromatic N) is 3. The smallest absolute Gasteiger partial charge is 0.268 e. The van der Waals surface area contributed by atoms with E-state index in [4.69, 9.17) is 4.74 Å². The highest BCUT2D eigenvalue weighted by Crippen LogP contribution is 2.33. The van der Waals surface area contributed by atoms with Crippen molar-refractivity contribution >= 4 is 33.1 Å². The second-order valence-corrected chi connectivity index (χ2v) is 10.9. The third-order valence-electron chi connectivity index (χ3n) is 6.04. The van der Waals surface area contributed by atoms with Crippen molar-refractivity contribution < 1.29 is 27.5 Å². The molecule has 2 aromatic rings. The number of rotatable bonds is 7. The molecule has 0 bridgehead atoms. The molecule has 1 aliphatic carbocycles. The zero-order valence-corrected chi connectivity index (χ0v) is 18.9. The number of benzene rings is 1. The lowest BCUT2D eigenvalue weighted by atomic mass is 10.1. The van der Waals surface area contributed by atoms with Crippen LogP contribution in [0.25, 0.3) is 0 Å². The van der Waals surface area contributed by atoms with Crippen molar-refractivity contribution in [2.24, 2.45) is 5.92 Å². The zero-order valence-electron chi connectivity index (χ0n) is 18.1. The van der Waals surface area contributed by atoms with Gasteiger partial charge < -0.3 is 14.5 Å². The highest BCUT2D eigenvalue weighted by Gasteiger charge is 2.37. The number of fused-ring (bicyclic) bond motifs is 1. The van der Waals surface area contributed by atoms with Gasteiger partial charge in [-0.15, -0.1) is 0 Å². The van der Waals surface area contributed by atoms with E-state index in [1.54, 1.807) is 30.3 Å². The summed E-state index contributed by atoms with van der Waals surface area (Å²) in [4.78, 5) is 44.8. The van der Waals surface area contributed by atoms with Gasteiger partial charge in [0.1, 0.15) is 11.6 Å². The summed E-state index contributed by atoms with van der Waals surface area (Å²) < 4.78 is 29.0. The molecule has 1 aromatic carbocycles. The summed E-state index contributed by atoms with van der Waals surface area (Å²) in [5, 5.41) is 0. The Hall–Kier alpha value is -3.27. The summed E-state index contributed by atoms with van der Waals surface area (Å²) in [7, 11) is -3.36. The van der Waals surface area contributed by atoms with Gasteiger partial charge in [-0.3, -0.25) is 19.4 Å². The standard InChI is InChI=1S/C23H23N3O6S/c1-33(30,31)13-25-12-19-18(22(25)28)10-16(11-24-19)26-9-8-20(23(26)29)32-17-6-4-15(5-7-17)21(27)14-2-3-14/h4-7,10-11,14,20H,2-3,8-9,12-13H2,1H3/t20-/m1/s1. The van der Waals surface area contributed by atoms with E-state index >= 15 is 0 Å². The Morgan fingerprint density at radius 2 is 1.88 bits per heavy atom. The van der Waals surface area contributed by atoms with Crippen LogP contribution in [0.3, 0.4) is 0 Å². The van der Waals surface area contributed by atoms with Crippen LogP contribution < -0.4 is 9.64 Å². The number of ketones is 1. The molecule has 1 aromatic heterocycles. The summed E-state index contributed by atoms with van der Waals surface area (Å²) >= 11 is 0. The van der Waals surface area contributed by atoms with Crippen LogP contribution in [-0.4, -0.2) is 60.7 Å². The first-order valence-corrected chi connectivity index (χ1v) is 12.8. The maximum Gasteiger partial charge on any atom is 0.268 e. The Morgan fingerprint density at radius 3 is 2.55 bits per heavy atom. The van der Waals surface area contributed by atoms with Crippen molar-refractivity contribution in [1.29, 1.82) is 0 Å². The third kappa shape index (κ3) is 4.35. The number of amides is 2. The fraction of sp³-hybridized carbons (Fsp3) is 0.391. The summed E-state index contributed by atoms with van der Waals surface area (Å²) in [6.07, 6.45) is 4.27. The Kier molecular flexibility index (Phi) is 5.19. The van der Waals surface area contributed by atoms with Crippen molar-refractivity contribution in [1.82, 2.24) is 9.88 Å². The number of carbonyl (C=O) groups is 3. The zero-order chi connectivity index (χ0) is 23.3. The van der Waals surface area contributed by atoms with E-state index in [9.17, 15) is 22.8 Å². The van der Waals surface area contributed by atoms with E-state index in [0.29, 0.717) is 41.2 Å². The number of aromatic nitrogens is 1. The molecular formula is C23H23N3O6S. The van der Waals surface area contributed by atoms with Crippen LogP contribution in [0.4, 0.5) is 5.69 Å². The van der Waals surface area contributed by atoms with Crippen LogP contribution in [0.2, 0.25) is 0 Å². The number of hydrogen-bond acceptors (Lipinski definition) is 7. The van der Waals surface area contributed by atoms with E-state index < -0.39 is 21.8 Å². The summed E-state index contributed by atoms with van der Waals surface area (Å²) in [5.41, 5.74) is 1.93. The molecule has 1 saturated carbocycles. The second-order valence-electron chi connectivity index (χ2n) is 8.79. The minimum Gasteiger partial charge on any atom is -0.481 e. The summed E-state index contributed by atoms with van der Waals surface area (Å²) in [6, 6.07) is 8.46. The molecule has 2 fully saturated rings. The molecular weight excluding hydrogens is 446 g/mol. The molecule has 1 atom stereocenters. The molecule has 33 heavy (non-hydrogen) atoms. The largest absolute Gasteiger partial charge is 0.481 e. The van der Waals surface area contributed by atoms with E-state index in [1.807, 2.05) is 0 Å². The first-order valence-electron chi connectivity index (χ1n) is 10.8. The van der Waals surface area contributed by atoms with Crippen LogP contribution in [0.15, 0.2) is 36.5 Å². The molecule has 0 spiro atoms. The molecule has 0 unspecified atom stereocenters. The maximum atomic E-state index is 13.0. The van der Waals surface area contributed by atoms with Crippen LogP contribution in [0.1, 0.15) is 45.7 Å².